The van der Waals surface area contributed by atoms with Crippen molar-refractivity contribution in [3.63, 3.8) is 0 Å². The molecule has 0 saturated heterocycles. The molecule has 1 atom stereocenters. The number of halogens is 2. The molecule has 1 unspecified atom stereocenters. The minimum atomic E-state index is -3.46. The maximum Gasteiger partial charge on any atom is 0.308 e. The standard InChI is InChI=1S/C11H18F2O3/c1-7(14)11(12,13)8(10(2,3)4)5-6-9(15)16/h8H,5-6H2,1-4H3,(H,15,16). The van der Waals surface area contributed by atoms with Crippen LogP contribution in [0.5, 0.6) is 0 Å². The molecule has 0 amide bonds. The number of Topliss-reactive ketones (excluding diaryl/α,β-unsaturated/α-hetero) is 1. The molecular formula is C11H18F2O3. The fourth-order valence-electron chi connectivity index (χ4n) is 1.67. The van der Waals surface area contributed by atoms with Crippen LogP contribution in [0.4, 0.5) is 8.78 Å². The Labute approximate surface area is 93.8 Å². The Morgan fingerprint density at radius 1 is 1.25 bits per heavy atom. The van der Waals surface area contributed by atoms with Gasteiger partial charge in [0.1, 0.15) is 0 Å². The summed E-state index contributed by atoms with van der Waals surface area (Å²) in [5, 5.41) is 8.50. The van der Waals surface area contributed by atoms with Crippen molar-refractivity contribution in [3.8, 4) is 0 Å². The van der Waals surface area contributed by atoms with Crippen molar-refractivity contribution < 1.29 is 23.5 Å². The number of carboxylic acid groups (broad SMARTS) is 1. The predicted octanol–water partition coefficient (Wildman–Crippen LogP) is 2.74. The Balaban J connectivity index is 4.96. The van der Waals surface area contributed by atoms with Crippen molar-refractivity contribution >= 4 is 11.8 Å². The van der Waals surface area contributed by atoms with Crippen LogP contribution in [0, 0.1) is 11.3 Å². The van der Waals surface area contributed by atoms with Crippen LogP contribution >= 0.6 is 0 Å². The molecule has 0 saturated carbocycles. The van der Waals surface area contributed by atoms with E-state index in [1.807, 2.05) is 0 Å². The monoisotopic (exact) mass is 236 g/mol. The van der Waals surface area contributed by atoms with Crippen LogP contribution in [0.25, 0.3) is 0 Å². The third-order valence-corrected chi connectivity index (χ3v) is 2.60. The third kappa shape index (κ3) is 3.87. The number of carboxylic acids is 1. The Kier molecular flexibility index (Phi) is 4.58. The number of hydrogen-bond acceptors (Lipinski definition) is 2. The molecule has 0 rings (SSSR count). The van der Waals surface area contributed by atoms with Crippen LogP contribution in [0.2, 0.25) is 0 Å². The zero-order chi connectivity index (χ0) is 13.1. The van der Waals surface area contributed by atoms with E-state index < -0.39 is 29.0 Å². The van der Waals surface area contributed by atoms with Gasteiger partial charge < -0.3 is 5.11 Å². The highest BCUT2D eigenvalue weighted by Gasteiger charge is 2.49. The van der Waals surface area contributed by atoms with E-state index in [4.69, 9.17) is 5.11 Å². The van der Waals surface area contributed by atoms with Gasteiger partial charge in [-0.15, -0.1) is 0 Å². The Bertz CT molecular complexity index is 279. The lowest BCUT2D eigenvalue weighted by atomic mass is 9.73. The molecule has 16 heavy (non-hydrogen) atoms. The van der Waals surface area contributed by atoms with E-state index in [2.05, 4.69) is 0 Å². The number of carbonyl (C=O) groups is 2. The largest absolute Gasteiger partial charge is 0.481 e. The number of rotatable bonds is 5. The average molecular weight is 236 g/mol. The van der Waals surface area contributed by atoms with Gasteiger partial charge in [0.15, 0.2) is 5.78 Å². The molecule has 0 aliphatic heterocycles. The van der Waals surface area contributed by atoms with Crippen LogP contribution in [0.1, 0.15) is 40.5 Å². The molecule has 3 nitrogen and oxygen atoms in total. The van der Waals surface area contributed by atoms with Gasteiger partial charge in [0.05, 0.1) is 0 Å². The number of carbonyl (C=O) groups excluding carboxylic acids is 1. The van der Waals surface area contributed by atoms with E-state index in [0.29, 0.717) is 0 Å². The summed E-state index contributed by atoms with van der Waals surface area (Å²) in [6, 6.07) is 0. The van der Waals surface area contributed by atoms with Gasteiger partial charge >= 0.3 is 11.9 Å². The molecule has 0 aliphatic rings. The van der Waals surface area contributed by atoms with Gasteiger partial charge in [-0.25, -0.2) is 0 Å². The molecule has 0 bridgehead atoms. The highest BCUT2D eigenvalue weighted by Crippen LogP contribution is 2.41. The molecule has 0 aromatic heterocycles. The lowest BCUT2D eigenvalue weighted by Gasteiger charge is -2.35. The molecule has 0 spiro atoms. The van der Waals surface area contributed by atoms with Gasteiger partial charge in [0.25, 0.3) is 0 Å². The SMILES string of the molecule is CC(=O)C(F)(F)C(CCC(=O)O)C(C)(C)C. The van der Waals surface area contributed by atoms with Crippen LogP contribution in [0.15, 0.2) is 0 Å². The molecule has 0 aliphatic carbocycles. The highest BCUT2D eigenvalue weighted by molar-refractivity contribution is 5.83. The molecule has 5 heteroatoms. The van der Waals surface area contributed by atoms with Crippen LogP contribution < -0.4 is 0 Å². The topological polar surface area (TPSA) is 54.4 Å². The van der Waals surface area contributed by atoms with E-state index in [1.54, 1.807) is 20.8 Å². The summed E-state index contributed by atoms with van der Waals surface area (Å²) in [6.07, 6.45) is -0.559. The lowest BCUT2D eigenvalue weighted by Crippen LogP contribution is -2.43. The summed E-state index contributed by atoms with van der Waals surface area (Å²) in [6.45, 7) is 5.57. The van der Waals surface area contributed by atoms with Gasteiger partial charge in [0, 0.05) is 19.3 Å². The lowest BCUT2D eigenvalue weighted by molar-refractivity contribution is -0.159. The highest BCUT2D eigenvalue weighted by atomic mass is 19.3. The number of hydrogen-bond donors (Lipinski definition) is 1. The van der Waals surface area contributed by atoms with Crippen molar-refractivity contribution in [1.82, 2.24) is 0 Å². The molecule has 0 aromatic carbocycles. The summed E-state index contributed by atoms with van der Waals surface area (Å²) in [5.41, 5.74) is -0.815. The molecule has 94 valence electrons. The third-order valence-electron chi connectivity index (χ3n) is 2.60. The summed E-state index contributed by atoms with van der Waals surface area (Å²) in [7, 11) is 0. The summed E-state index contributed by atoms with van der Waals surface area (Å²) >= 11 is 0. The van der Waals surface area contributed by atoms with E-state index >= 15 is 0 Å². The first-order valence-electron chi connectivity index (χ1n) is 5.10. The summed E-state index contributed by atoms with van der Waals surface area (Å²) < 4.78 is 27.2. The maximum atomic E-state index is 13.6. The minimum absolute atomic E-state index is 0.203. The van der Waals surface area contributed by atoms with E-state index in [0.717, 1.165) is 6.92 Å². The first kappa shape index (κ1) is 15.0. The number of ketones is 1. The van der Waals surface area contributed by atoms with E-state index in [-0.39, 0.29) is 12.8 Å². The second-order valence-corrected chi connectivity index (χ2v) is 5.03. The Morgan fingerprint density at radius 3 is 1.94 bits per heavy atom. The zero-order valence-electron chi connectivity index (χ0n) is 10.0. The van der Waals surface area contributed by atoms with Gasteiger partial charge in [-0.2, -0.15) is 8.78 Å². The molecule has 0 fully saturated rings. The van der Waals surface area contributed by atoms with Gasteiger partial charge in [-0.3, -0.25) is 9.59 Å². The molecule has 0 aromatic rings. The second kappa shape index (κ2) is 4.89. The van der Waals surface area contributed by atoms with Crippen LogP contribution in [-0.4, -0.2) is 22.8 Å². The van der Waals surface area contributed by atoms with Crippen molar-refractivity contribution in [2.75, 3.05) is 0 Å². The molecular weight excluding hydrogens is 218 g/mol. The van der Waals surface area contributed by atoms with E-state index in [1.165, 1.54) is 0 Å². The van der Waals surface area contributed by atoms with Crippen LogP contribution in [0.3, 0.4) is 0 Å². The fraction of sp³-hybridized carbons (Fsp3) is 0.818. The Hall–Kier alpha value is -1.00. The molecule has 0 radical (unpaired) electrons. The normalized spacial score (nSPS) is 14.6. The van der Waals surface area contributed by atoms with Gasteiger partial charge in [-0.05, 0) is 11.8 Å². The molecule has 1 N–H and O–H groups in total. The van der Waals surface area contributed by atoms with Crippen LogP contribution in [-0.2, 0) is 9.59 Å². The maximum absolute atomic E-state index is 13.6. The van der Waals surface area contributed by atoms with Gasteiger partial charge in [0.2, 0.25) is 0 Å². The Morgan fingerprint density at radius 2 is 1.69 bits per heavy atom. The smallest absolute Gasteiger partial charge is 0.308 e. The van der Waals surface area contributed by atoms with Gasteiger partial charge in [-0.1, -0.05) is 20.8 Å². The average Bonchev–Trinajstić information content (AvgIpc) is 1.99. The fourth-order valence-corrected chi connectivity index (χ4v) is 1.67. The zero-order valence-corrected chi connectivity index (χ0v) is 10.0. The predicted molar refractivity (Wildman–Crippen MR) is 55.4 cm³/mol. The van der Waals surface area contributed by atoms with Crippen molar-refractivity contribution in [2.45, 2.75) is 46.5 Å². The minimum Gasteiger partial charge on any atom is -0.481 e. The van der Waals surface area contributed by atoms with Crippen molar-refractivity contribution in [2.24, 2.45) is 11.3 Å². The van der Waals surface area contributed by atoms with Crippen molar-refractivity contribution in [1.29, 1.82) is 0 Å². The first-order valence-corrected chi connectivity index (χ1v) is 5.10. The van der Waals surface area contributed by atoms with Crippen molar-refractivity contribution in [3.05, 3.63) is 0 Å². The summed E-state index contributed by atoms with van der Waals surface area (Å²) in [5.74, 6) is -7.06. The van der Waals surface area contributed by atoms with E-state index in [9.17, 15) is 18.4 Å². The quantitative estimate of drug-likeness (QED) is 0.798. The molecule has 0 heterocycles. The first-order chi connectivity index (χ1) is 6.99. The number of alkyl halides is 2. The second-order valence-electron chi connectivity index (χ2n) is 5.03. The summed E-state index contributed by atoms with van der Waals surface area (Å²) in [4.78, 5) is 21.3. The number of aliphatic carboxylic acids is 1.